The van der Waals surface area contributed by atoms with Crippen LogP contribution >= 0.6 is 0 Å². The molecule has 1 aromatic carbocycles. The standard InChI is InChI=1S/C13H15N3O2/c14-7-10-2-1-3-11(6-10)16-12(18)15-8-13(9-17)4-5-13/h1-3,6,17H,4-5,8-9H2,(H2,15,16,18). The summed E-state index contributed by atoms with van der Waals surface area (Å²) in [6, 6.07) is 8.41. The summed E-state index contributed by atoms with van der Waals surface area (Å²) >= 11 is 0. The Bertz CT molecular complexity index is 489. The molecule has 94 valence electrons. The van der Waals surface area contributed by atoms with E-state index in [-0.39, 0.29) is 18.1 Å². The first-order chi connectivity index (χ1) is 8.67. The second-order valence-electron chi connectivity index (χ2n) is 4.66. The van der Waals surface area contributed by atoms with E-state index in [0.29, 0.717) is 17.8 Å². The van der Waals surface area contributed by atoms with Crippen molar-refractivity contribution in [2.24, 2.45) is 5.41 Å². The maximum absolute atomic E-state index is 11.6. The highest BCUT2D eigenvalue weighted by atomic mass is 16.3. The summed E-state index contributed by atoms with van der Waals surface area (Å²) in [5, 5.41) is 23.2. The van der Waals surface area contributed by atoms with E-state index in [1.165, 1.54) is 0 Å². The summed E-state index contributed by atoms with van der Waals surface area (Å²) < 4.78 is 0. The number of benzene rings is 1. The zero-order chi connectivity index (χ0) is 13.0. The third kappa shape index (κ3) is 2.99. The van der Waals surface area contributed by atoms with Crippen molar-refractivity contribution >= 4 is 11.7 Å². The molecule has 0 bridgehead atoms. The van der Waals surface area contributed by atoms with Gasteiger partial charge in [0.05, 0.1) is 18.2 Å². The first-order valence-corrected chi connectivity index (χ1v) is 5.83. The summed E-state index contributed by atoms with van der Waals surface area (Å²) in [5.74, 6) is 0. The topological polar surface area (TPSA) is 85.2 Å². The average Bonchev–Trinajstić information content (AvgIpc) is 3.17. The molecular weight excluding hydrogens is 230 g/mol. The minimum absolute atomic E-state index is 0.105. The second-order valence-corrected chi connectivity index (χ2v) is 4.66. The van der Waals surface area contributed by atoms with Gasteiger partial charge < -0.3 is 15.7 Å². The van der Waals surface area contributed by atoms with E-state index in [1.54, 1.807) is 24.3 Å². The van der Waals surface area contributed by atoms with Crippen LogP contribution in [0, 0.1) is 16.7 Å². The van der Waals surface area contributed by atoms with E-state index in [2.05, 4.69) is 10.6 Å². The van der Waals surface area contributed by atoms with Gasteiger partial charge in [-0.3, -0.25) is 0 Å². The predicted molar refractivity (Wildman–Crippen MR) is 66.9 cm³/mol. The van der Waals surface area contributed by atoms with Gasteiger partial charge in [0.2, 0.25) is 0 Å². The average molecular weight is 245 g/mol. The van der Waals surface area contributed by atoms with Gasteiger partial charge in [0, 0.05) is 17.6 Å². The molecule has 1 aliphatic rings. The number of hydrogen-bond donors (Lipinski definition) is 3. The number of anilines is 1. The number of nitriles is 1. The maximum Gasteiger partial charge on any atom is 0.319 e. The number of rotatable bonds is 4. The quantitative estimate of drug-likeness (QED) is 0.750. The van der Waals surface area contributed by atoms with Gasteiger partial charge in [0.15, 0.2) is 0 Å². The fraction of sp³-hybridized carbons (Fsp3) is 0.385. The fourth-order valence-corrected chi connectivity index (χ4v) is 1.68. The number of aliphatic hydroxyl groups is 1. The highest BCUT2D eigenvalue weighted by Gasteiger charge is 2.42. The van der Waals surface area contributed by atoms with Gasteiger partial charge in [0.25, 0.3) is 0 Å². The van der Waals surface area contributed by atoms with Crippen molar-refractivity contribution in [2.45, 2.75) is 12.8 Å². The molecule has 3 N–H and O–H groups in total. The van der Waals surface area contributed by atoms with Crippen LogP contribution in [0.2, 0.25) is 0 Å². The summed E-state index contributed by atoms with van der Waals surface area (Å²) in [4.78, 5) is 11.6. The Morgan fingerprint density at radius 1 is 1.50 bits per heavy atom. The molecule has 2 rings (SSSR count). The van der Waals surface area contributed by atoms with Crippen LogP contribution < -0.4 is 10.6 Å². The Morgan fingerprint density at radius 2 is 2.28 bits per heavy atom. The molecule has 0 radical (unpaired) electrons. The number of carbonyl (C=O) groups is 1. The third-order valence-corrected chi connectivity index (χ3v) is 3.17. The SMILES string of the molecule is N#Cc1cccc(NC(=O)NCC2(CO)CC2)c1. The summed E-state index contributed by atoms with van der Waals surface area (Å²) in [5.41, 5.74) is 0.980. The van der Waals surface area contributed by atoms with Crippen LogP contribution in [0.1, 0.15) is 18.4 Å². The number of amides is 2. The van der Waals surface area contributed by atoms with Crippen molar-refractivity contribution < 1.29 is 9.90 Å². The zero-order valence-corrected chi connectivity index (χ0v) is 9.94. The lowest BCUT2D eigenvalue weighted by Crippen LogP contribution is -2.35. The van der Waals surface area contributed by atoms with E-state index in [1.807, 2.05) is 6.07 Å². The molecule has 0 saturated heterocycles. The number of nitrogens with one attached hydrogen (secondary N) is 2. The molecule has 5 nitrogen and oxygen atoms in total. The van der Waals surface area contributed by atoms with Crippen LogP contribution in [0.4, 0.5) is 10.5 Å². The van der Waals surface area contributed by atoms with Crippen LogP contribution in [-0.2, 0) is 0 Å². The Labute approximate surface area is 105 Å². The van der Waals surface area contributed by atoms with Gasteiger partial charge in [-0.2, -0.15) is 5.26 Å². The molecule has 1 fully saturated rings. The molecular formula is C13H15N3O2. The van der Waals surface area contributed by atoms with Gasteiger partial charge in [-0.05, 0) is 31.0 Å². The zero-order valence-electron chi connectivity index (χ0n) is 9.94. The first kappa shape index (κ1) is 12.4. The molecule has 1 saturated carbocycles. The van der Waals surface area contributed by atoms with E-state index >= 15 is 0 Å². The van der Waals surface area contributed by atoms with Crippen LogP contribution in [0.15, 0.2) is 24.3 Å². The smallest absolute Gasteiger partial charge is 0.319 e. The molecule has 0 aromatic heterocycles. The Balaban J connectivity index is 1.85. The number of urea groups is 1. The second kappa shape index (κ2) is 5.07. The number of carbonyl (C=O) groups excluding carboxylic acids is 1. The number of nitrogens with zero attached hydrogens (tertiary/aromatic N) is 1. The van der Waals surface area contributed by atoms with Crippen molar-refractivity contribution in [3.63, 3.8) is 0 Å². The lowest BCUT2D eigenvalue weighted by Gasteiger charge is -2.13. The monoisotopic (exact) mass is 245 g/mol. The highest BCUT2D eigenvalue weighted by molar-refractivity contribution is 5.89. The fourth-order valence-electron chi connectivity index (χ4n) is 1.68. The van der Waals surface area contributed by atoms with Gasteiger partial charge >= 0.3 is 6.03 Å². The lowest BCUT2D eigenvalue weighted by molar-refractivity contribution is 0.206. The Kier molecular flexibility index (Phi) is 3.49. The maximum atomic E-state index is 11.6. The van der Waals surface area contributed by atoms with Crippen LogP contribution in [0.5, 0.6) is 0 Å². The van der Waals surface area contributed by atoms with Gasteiger partial charge in [-0.25, -0.2) is 4.79 Å². The molecule has 0 unspecified atom stereocenters. The van der Waals surface area contributed by atoms with E-state index < -0.39 is 0 Å². The molecule has 0 heterocycles. The number of hydrogen-bond acceptors (Lipinski definition) is 3. The summed E-state index contributed by atoms with van der Waals surface area (Å²) in [7, 11) is 0. The lowest BCUT2D eigenvalue weighted by atomic mass is 10.1. The van der Waals surface area contributed by atoms with E-state index in [9.17, 15) is 4.79 Å². The molecule has 1 aliphatic carbocycles. The van der Waals surface area contributed by atoms with Crippen molar-refractivity contribution in [3.05, 3.63) is 29.8 Å². The van der Waals surface area contributed by atoms with Crippen molar-refractivity contribution in [1.29, 1.82) is 5.26 Å². The predicted octanol–water partition coefficient (Wildman–Crippen LogP) is 1.45. The van der Waals surface area contributed by atoms with E-state index in [4.69, 9.17) is 10.4 Å². The molecule has 0 atom stereocenters. The van der Waals surface area contributed by atoms with Crippen LogP contribution in [0.3, 0.4) is 0 Å². The highest BCUT2D eigenvalue weighted by Crippen LogP contribution is 2.44. The minimum atomic E-state index is -0.315. The van der Waals surface area contributed by atoms with Gasteiger partial charge in [0.1, 0.15) is 0 Å². The molecule has 5 heteroatoms. The van der Waals surface area contributed by atoms with Gasteiger partial charge in [-0.15, -0.1) is 0 Å². The van der Waals surface area contributed by atoms with E-state index in [0.717, 1.165) is 12.8 Å². The van der Waals surface area contributed by atoms with Crippen molar-refractivity contribution in [2.75, 3.05) is 18.5 Å². The molecule has 0 aliphatic heterocycles. The van der Waals surface area contributed by atoms with Crippen LogP contribution in [-0.4, -0.2) is 24.3 Å². The van der Waals surface area contributed by atoms with Gasteiger partial charge in [-0.1, -0.05) is 6.07 Å². The van der Waals surface area contributed by atoms with Crippen LogP contribution in [0.25, 0.3) is 0 Å². The summed E-state index contributed by atoms with van der Waals surface area (Å²) in [6.07, 6.45) is 1.90. The largest absolute Gasteiger partial charge is 0.396 e. The molecule has 2 amide bonds. The minimum Gasteiger partial charge on any atom is -0.396 e. The summed E-state index contributed by atoms with van der Waals surface area (Å²) in [6.45, 7) is 0.588. The molecule has 18 heavy (non-hydrogen) atoms. The Hall–Kier alpha value is -2.06. The molecule has 0 spiro atoms. The first-order valence-electron chi connectivity index (χ1n) is 5.83. The normalized spacial score (nSPS) is 15.6. The molecule has 1 aromatic rings. The Morgan fingerprint density at radius 3 is 2.89 bits per heavy atom. The third-order valence-electron chi connectivity index (χ3n) is 3.17. The van der Waals surface area contributed by atoms with Crippen molar-refractivity contribution in [3.8, 4) is 6.07 Å². The van der Waals surface area contributed by atoms with Crippen molar-refractivity contribution in [1.82, 2.24) is 5.32 Å². The number of aliphatic hydroxyl groups excluding tert-OH is 1.